The van der Waals surface area contributed by atoms with Crippen LogP contribution in [0.25, 0.3) is 0 Å². The van der Waals surface area contributed by atoms with E-state index in [0.717, 1.165) is 17.0 Å². The highest BCUT2D eigenvalue weighted by molar-refractivity contribution is 7.91. The number of ketones is 1. The molecule has 0 N–H and O–H groups in total. The lowest BCUT2D eigenvalue weighted by atomic mass is 10.1. The molecule has 1 fully saturated rings. The van der Waals surface area contributed by atoms with Gasteiger partial charge in [-0.15, -0.1) is 0 Å². The van der Waals surface area contributed by atoms with E-state index < -0.39 is 15.8 Å². The van der Waals surface area contributed by atoms with Crippen LogP contribution >= 0.6 is 0 Å². The number of carbonyl (C=O) groups is 2. The van der Waals surface area contributed by atoms with Crippen molar-refractivity contribution in [3.05, 3.63) is 34.7 Å². The molecule has 0 spiro atoms. The highest BCUT2D eigenvalue weighted by atomic mass is 32.2. The van der Waals surface area contributed by atoms with E-state index in [-0.39, 0.29) is 29.9 Å². The number of aromatic nitrogens is 1. The van der Waals surface area contributed by atoms with E-state index in [1.165, 1.54) is 6.08 Å². The Morgan fingerprint density at radius 2 is 2.00 bits per heavy atom. The average molecular weight is 353 g/mol. The SMILES string of the molecule is CC(C)=CC(=O)OCC(=O)c1cc(C)n([C@H]2CCS(=O)(=O)C2)c1C. The topological polar surface area (TPSA) is 82.4 Å². The number of hydrogen-bond acceptors (Lipinski definition) is 5. The minimum absolute atomic E-state index is 0.104. The van der Waals surface area contributed by atoms with Crippen LogP contribution in [0.3, 0.4) is 0 Å². The highest BCUT2D eigenvalue weighted by Crippen LogP contribution is 2.29. The van der Waals surface area contributed by atoms with Gasteiger partial charge in [0, 0.05) is 29.1 Å². The number of ether oxygens (including phenoxy) is 1. The largest absolute Gasteiger partial charge is 0.454 e. The second-order valence-electron chi connectivity index (χ2n) is 6.46. The highest BCUT2D eigenvalue weighted by Gasteiger charge is 2.31. The maximum absolute atomic E-state index is 12.3. The molecule has 0 amide bonds. The van der Waals surface area contributed by atoms with Crippen molar-refractivity contribution in [1.29, 1.82) is 0 Å². The lowest BCUT2D eigenvalue weighted by molar-refractivity contribution is -0.136. The van der Waals surface area contributed by atoms with Gasteiger partial charge in [-0.2, -0.15) is 0 Å². The van der Waals surface area contributed by atoms with Crippen molar-refractivity contribution < 1.29 is 22.7 Å². The van der Waals surface area contributed by atoms with Crippen molar-refractivity contribution in [2.75, 3.05) is 18.1 Å². The molecule has 2 rings (SSSR count). The summed E-state index contributed by atoms with van der Waals surface area (Å²) in [4.78, 5) is 23.8. The molecule has 24 heavy (non-hydrogen) atoms. The zero-order valence-corrected chi connectivity index (χ0v) is 15.3. The molecule has 1 aliphatic rings. The predicted molar refractivity (Wildman–Crippen MR) is 90.9 cm³/mol. The van der Waals surface area contributed by atoms with E-state index in [0.29, 0.717) is 12.0 Å². The monoisotopic (exact) mass is 353 g/mol. The quantitative estimate of drug-likeness (QED) is 0.460. The fourth-order valence-electron chi connectivity index (χ4n) is 3.09. The summed E-state index contributed by atoms with van der Waals surface area (Å²) in [5.41, 5.74) is 2.83. The Balaban J connectivity index is 2.15. The zero-order valence-electron chi connectivity index (χ0n) is 14.5. The average Bonchev–Trinajstić information content (AvgIpc) is 2.95. The number of hydrogen-bond donors (Lipinski definition) is 0. The van der Waals surface area contributed by atoms with Crippen LogP contribution in [0.2, 0.25) is 0 Å². The molecule has 0 radical (unpaired) electrons. The maximum atomic E-state index is 12.3. The Morgan fingerprint density at radius 3 is 2.54 bits per heavy atom. The second-order valence-corrected chi connectivity index (χ2v) is 8.69. The number of nitrogens with zero attached hydrogens (tertiary/aromatic N) is 1. The van der Waals surface area contributed by atoms with Crippen molar-refractivity contribution in [2.45, 2.75) is 40.2 Å². The molecule has 132 valence electrons. The first-order valence-electron chi connectivity index (χ1n) is 7.84. The van der Waals surface area contributed by atoms with Crippen molar-refractivity contribution in [2.24, 2.45) is 0 Å². The first kappa shape index (κ1) is 18.4. The van der Waals surface area contributed by atoms with Gasteiger partial charge in [0.15, 0.2) is 16.4 Å². The molecule has 0 bridgehead atoms. The van der Waals surface area contributed by atoms with Gasteiger partial charge in [0.05, 0.1) is 11.5 Å². The van der Waals surface area contributed by atoms with Crippen LogP contribution in [0, 0.1) is 13.8 Å². The summed E-state index contributed by atoms with van der Waals surface area (Å²) in [5, 5.41) is 0. The molecular formula is C17H23NO5S. The van der Waals surface area contributed by atoms with Gasteiger partial charge in [0.2, 0.25) is 5.78 Å². The van der Waals surface area contributed by atoms with Gasteiger partial charge in [-0.25, -0.2) is 13.2 Å². The number of allylic oxidation sites excluding steroid dienone is 1. The summed E-state index contributed by atoms with van der Waals surface area (Å²) in [6.07, 6.45) is 1.89. The summed E-state index contributed by atoms with van der Waals surface area (Å²) in [7, 11) is -3.00. The molecule has 1 aromatic heterocycles. The standard InChI is InChI=1S/C17H23NO5S/c1-11(2)7-17(20)23-9-16(19)15-8-12(3)18(13(15)4)14-5-6-24(21,22)10-14/h7-8,14H,5-6,9-10H2,1-4H3/t14-/m0/s1. The minimum Gasteiger partial charge on any atom is -0.454 e. The molecule has 0 unspecified atom stereocenters. The van der Waals surface area contributed by atoms with Crippen molar-refractivity contribution >= 4 is 21.6 Å². The normalized spacial score (nSPS) is 19.1. The fraction of sp³-hybridized carbons (Fsp3) is 0.529. The minimum atomic E-state index is -3.00. The lowest BCUT2D eigenvalue weighted by Crippen LogP contribution is -2.16. The van der Waals surface area contributed by atoms with Crippen molar-refractivity contribution in [3.63, 3.8) is 0 Å². The Morgan fingerprint density at radius 1 is 1.33 bits per heavy atom. The number of carbonyl (C=O) groups excluding carboxylic acids is 2. The summed E-state index contributed by atoms with van der Waals surface area (Å²) in [5.74, 6) is -0.546. The first-order chi connectivity index (χ1) is 11.1. The number of Topliss-reactive ketones (excluding diaryl/α,β-unsaturated/α-hetero) is 1. The van der Waals surface area contributed by atoms with Gasteiger partial charge in [-0.1, -0.05) is 5.57 Å². The molecule has 1 saturated heterocycles. The van der Waals surface area contributed by atoms with E-state index in [9.17, 15) is 18.0 Å². The molecule has 0 aliphatic carbocycles. The van der Waals surface area contributed by atoms with E-state index in [1.54, 1.807) is 26.8 Å². The van der Waals surface area contributed by atoms with Crippen LogP contribution in [0.4, 0.5) is 0 Å². The number of sulfone groups is 1. The fourth-order valence-corrected chi connectivity index (χ4v) is 4.79. The van der Waals surface area contributed by atoms with Crippen LogP contribution < -0.4 is 0 Å². The van der Waals surface area contributed by atoms with Gasteiger partial charge in [0.1, 0.15) is 0 Å². The molecular weight excluding hydrogens is 330 g/mol. The van der Waals surface area contributed by atoms with E-state index in [2.05, 4.69) is 0 Å². The van der Waals surface area contributed by atoms with Gasteiger partial charge < -0.3 is 9.30 Å². The summed E-state index contributed by atoms with van der Waals surface area (Å²) in [6, 6.07) is 1.60. The van der Waals surface area contributed by atoms with Gasteiger partial charge in [0.25, 0.3) is 0 Å². The van der Waals surface area contributed by atoms with Gasteiger partial charge in [-0.05, 0) is 40.2 Å². The Kier molecular flexibility index (Phi) is 5.32. The number of rotatable bonds is 5. The number of aryl methyl sites for hydroxylation is 1. The predicted octanol–water partition coefficient (Wildman–Crippen LogP) is 2.16. The van der Waals surface area contributed by atoms with Crippen molar-refractivity contribution in [1.82, 2.24) is 4.57 Å². The van der Waals surface area contributed by atoms with E-state index in [4.69, 9.17) is 4.74 Å². The van der Waals surface area contributed by atoms with E-state index in [1.807, 2.05) is 11.5 Å². The third-order valence-electron chi connectivity index (χ3n) is 4.11. The number of esters is 1. The maximum Gasteiger partial charge on any atom is 0.331 e. The Hall–Kier alpha value is -1.89. The van der Waals surface area contributed by atoms with Crippen LogP contribution in [-0.4, -0.2) is 42.9 Å². The van der Waals surface area contributed by atoms with Crippen LogP contribution in [0.15, 0.2) is 17.7 Å². The van der Waals surface area contributed by atoms with Crippen LogP contribution in [0.5, 0.6) is 0 Å². The third-order valence-corrected chi connectivity index (χ3v) is 5.86. The van der Waals surface area contributed by atoms with Crippen molar-refractivity contribution in [3.8, 4) is 0 Å². The molecule has 2 heterocycles. The van der Waals surface area contributed by atoms with Gasteiger partial charge >= 0.3 is 5.97 Å². The molecule has 1 aromatic rings. The third kappa shape index (κ3) is 4.14. The summed E-state index contributed by atoms with van der Waals surface area (Å²) >= 11 is 0. The first-order valence-corrected chi connectivity index (χ1v) is 9.66. The Bertz CT molecular complexity index is 797. The van der Waals surface area contributed by atoms with Gasteiger partial charge in [-0.3, -0.25) is 4.79 Å². The molecule has 1 atom stereocenters. The molecule has 0 saturated carbocycles. The lowest BCUT2D eigenvalue weighted by Gasteiger charge is -2.16. The smallest absolute Gasteiger partial charge is 0.331 e. The Labute approximate surface area is 142 Å². The molecule has 0 aromatic carbocycles. The summed E-state index contributed by atoms with van der Waals surface area (Å²) < 4.78 is 30.3. The van der Waals surface area contributed by atoms with Crippen LogP contribution in [0.1, 0.15) is 48.1 Å². The van der Waals surface area contributed by atoms with E-state index >= 15 is 0 Å². The summed E-state index contributed by atoms with van der Waals surface area (Å²) in [6.45, 7) is 6.86. The molecule has 1 aliphatic heterocycles. The second kappa shape index (κ2) is 6.93. The molecule has 6 nitrogen and oxygen atoms in total. The zero-order chi connectivity index (χ0) is 18.1. The van der Waals surface area contributed by atoms with Crippen LogP contribution in [-0.2, 0) is 19.4 Å². The molecule has 7 heteroatoms.